The predicted molar refractivity (Wildman–Crippen MR) is 546 cm³/mol. The van der Waals surface area contributed by atoms with Crippen molar-refractivity contribution in [3.05, 3.63) is 442 Å². The zero-order valence-electron chi connectivity index (χ0n) is 74.8. The zero-order chi connectivity index (χ0) is 89.7. The average molecular weight is 1900 g/mol. The molecule has 9 aromatic heterocycles. The molecule has 0 aliphatic heterocycles. The Labute approximate surface area is 791 Å². The van der Waals surface area contributed by atoms with Crippen LogP contribution in [0.5, 0.6) is 0 Å². The zero-order valence-corrected chi connectivity index (χ0v) is 77.2. The fourth-order valence-corrected chi connectivity index (χ4v) is 19.6. The normalized spacial score (nSPS) is 11.8. The van der Waals surface area contributed by atoms with Crippen molar-refractivity contribution in [2.45, 2.75) is 59.3 Å². The molecule has 134 heavy (non-hydrogen) atoms. The Kier molecular flexibility index (Phi) is 21.2. The van der Waals surface area contributed by atoms with E-state index < -0.39 is 0 Å². The van der Waals surface area contributed by atoms with Crippen molar-refractivity contribution in [2.24, 2.45) is 0 Å². The standard InChI is InChI=1S/C123H87FN9.Ir/c1-77-63-110(130-76-109(77)78-27-23-28-90(124)67-78)82-44-50-100(103(71-82)79-47-53-113-106(68-79)119-116(41-24-58-127-119)131(113)91-29-11-8-12-30-91)97-38-20-17-35-94(97)85-64-86(95-36-18-21-39-98(95)101-51-45-83(111-74-88(56-61-125-111)122(2,3)4)72-104(101)80-48-54-114-107(69-80)120-117(42-25-59-128-120)132(114)92-31-13-9-14-32-92)66-87(65-85)96-37-19-22-40-99(96)102-52-46-84(112-75-89(57-62-126-112)123(5,6)7)73-105(102)81-49-55-115-108(70-81)121-118(43-26-60-129-121)133(115)93-33-15-10-16-34-93;/h8-43,47-76H,1-7H3;/q-3;+3. The molecule has 23 aromatic rings. The average Bonchev–Trinajstić information content (AvgIpc) is 1.58. The van der Waals surface area contributed by atoms with E-state index in [0.29, 0.717) is 0 Å². The van der Waals surface area contributed by atoms with Gasteiger partial charge >= 0.3 is 20.1 Å². The molecule has 23 rings (SSSR count). The molecule has 0 atom stereocenters. The molecule has 0 aliphatic rings. The van der Waals surface area contributed by atoms with Gasteiger partial charge in [0.25, 0.3) is 0 Å². The van der Waals surface area contributed by atoms with Gasteiger partial charge in [0, 0.05) is 76.0 Å². The molecule has 0 N–H and O–H groups in total. The molecule has 0 saturated carbocycles. The Hall–Kier alpha value is -16.0. The molecular weight excluding hydrogens is 1810 g/mol. The van der Waals surface area contributed by atoms with Crippen molar-refractivity contribution < 1.29 is 24.5 Å². The number of rotatable bonds is 16. The van der Waals surface area contributed by atoms with Crippen LogP contribution in [-0.2, 0) is 30.9 Å². The maximum atomic E-state index is 15.0. The minimum Gasteiger partial charge on any atom is -0.308 e. The molecule has 11 heteroatoms. The number of hydrogen-bond acceptors (Lipinski definition) is 6. The van der Waals surface area contributed by atoms with Crippen molar-refractivity contribution in [3.63, 3.8) is 0 Å². The van der Waals surface area contributed by atoms with Gasteiger partial charge in [0.2, 0.25) is 0 Å². The summed E-state index contributed by atoms with van der Waals surface area (Å²) in [5.41, 5.74) is 39.7. The van der Waals surface area contributed by atoms with Crippen LogP contribution in [-0.4, -0.2) is 43.6 Å². The first-order valence-corrected chi connectivity index (χ1v) is 45.2. The quantitative estimate of drug-likeness (QED) is 0.0895. The number of nitrogens with zero attached hydrogens (tertiary/aromatic N) is 9. The summed E-state index contributed by atoms with van der Waals surface area (Å²) in [6, 6.07) is 141. The van der Waals surface area contributed by atoms with Crippen LogP contribution in [0.2, 0.25) is 0 Å². The smallest absolute Gasteiger partial charge is 0.308 e. The van der Waals surface area contributed by atoms with Gasteiger partial charge < -0.3 is 28.7 Å². The monoisotopic (exact) mass is 1900 g/mol. The topological polar surface area (TPSA) is 92.1 Å². The number of halogens is 1. The Morgan fingerprint density at radius 1 is 0.246 bits per heavy atom. The SMILES string of the molecule is Cc1cc(-c2[c-]cc(-c3ccccc3-c3cc(-c4ccccc4-c4c[c-]c(-c5cc(C(C)(C)C)ccn5)cc4-c4ccc5c(c4)c4ncccc4n5-c4ccccc4)cc(-c4ccccc4-c4c[c-]c(-c5cc(C(C)(C)C)ccn5)cc4-c4ccc5c(c4)c4ncccc4n5-c4ccccc4)c3)c(-c3ccc4c(c3)c3ncccc3n4-c3ccccc3)c2)ncc1-c1cccc(F)c1.[Ir+3]. The second-order valence-corrected chi connectivity index (χ2v) is 36.5. The van der Waals surface area contributed by atoms with Gasteiger partial charge in [-0.3, -0.25) is 15.0 Å². The van der Waals surface area contributed by atoms with Gasteiger partial charge in [-0.25, -0.2) is 4.39 Å². The third kappa shape index (κ3) is 15.1. The van der Waals surface area contributed by atoms with Gasteiger partial charge in [0.15, 0.2) is 0 Å². The van der Waals surface area contributed by atoms with Crippen molar-refractivity contribution in [2.75, 3.05) is 0 Å². The summed E-state index contributed by atoms with van der Waals surface area (Å²) in [5.74, 6) is -0.302. The van der Waals surface area contributed by atoms with Crippen LogP contribution in [0.25, 0.3) is 228 Å². The van der Waals surface area contributed by atoms with E-state index in [1.165, 1.54) is 17.2 Å². The van der Waals surface area contributed by atoms with Gasteiger partial charge in [0.05, 0.1) is 49.7 Å². The van der Waals surface area contributed by atoms with Crippen LogP contribution in [0.3, 0.4) is 0 Å². The Balaban J connectivity index is 0.0000104. The first kappa shape index (κ1) is 83.6. The van der Waals surface area contributed by atoms with E-state index >= 15 is 0 Å². The van der Waals surface area contributed by atoms with E-state index in [1.54, 1.807) is 12.1 Å². The van der Waals surface area contributed by atoms with E-state index in [0.717, 1.165) is 233 Å². The molecule has 0 radical (unpaired) electrons. The number of pyridine rings is 6. The van der Waals surface area contributed by atoms with Crippen LogP contribution < -0.4 is 0 Å². The third-order valence-corrected chi connectivity index (χ3v) is 26.2. The molecular formula is C123H87FIrN9. The van der Waals surface area contributed by atoms with Crippen molar-refractivity contribution >= 4 is 65.8 Å². The maximum Gasteiger partial charge on any atom is 3.00 e. The van der Waals surface area contributed by atoms with Crippen LogP contribution in [0.4, 0.5) is 4.39 Å². The molecule has 0 spiro atoms. The second-order valence-electron chi connectivity index (χ2n) is 36.5. The van der Waals surface area contributed by atoms with Crippen molar-refractivity contribution in [3.8, 4) is 162 Å². The molecule has 0 fully saturated rings. The van der Waals surface area contributed by atoms with E-state index in [4.69, 9.17) is 29.9 Å². The van der Waals surface area contributed by atoms with Gasteiger partial charge in [-0.1, -0.05) is 268 Å². The summed E-state index contributed by atoms with van der Waals surface area (Å²) in [5, 5.41) is 3.09. The van der Waals surface area contributed by atoms with E-state index in [2.05, 4.69) is 402 Å². The van der Waals surface area contributed by atoms with Crippen LogP contribution >= 0.6 is 0 Å². The number of fused-ring (bicyclic) bond motifs is 9. The van der Waals surface area contributed by atoms with Crippen LogP contribution in [0.15, 0.2) is 401 Å². The summed E-state index contributed by atoms with van der Waals surface area (Å²) in [7, 11) is 0. The number of para-hydroxylation sites is 3. The molecule has 9 heterocycles. The summed E-state index contributed by atoms with van der Waals surface area (Å²) in [6.45, 7) is 15.5. The first-order chi connectivity index (χ1) is 65.0. The fourth-order valence-electron chi connectivity index (χ4n) is 19.6. The molecule has 0 bridgehead atoms. The molecule has 0 unspecified atom stereocenters. The number of aromatic nitrogens is 9. The molecule has 640 valence electrons. The van der Waals surface area contributed by atoms with E-state index in [-0.39, 0.29) is 36.8 Å². The minimum atomic E-state index is -0.302. The van der Waals surface area contributed by atoms with E-state index in [9.17, 15) is 4.39 Å². The van der Waals surface area contributed by atoms with E-state index in [1.807, 2.05) is 61.4 Å². The molecule has 14 aromatic carbocycles. The summed E-state index contributed by atoms with van der Waals surface area (Å²) < 4.78 is 21.9. The predicted octanol–water partition coefficient (Wildman–Crippen LogP) is 31.5. The summed E-state index contributed by atoms with van der Waals surface area (Å²) in [6.07, 6.45) is 11.4. The number of hydrogen-bond donors (Lipinski definition) is 0. The second kappa shape index (κ2) is 34.0. The van der Waals surface area contributed by atoms with Crippen molar-refractivity contribution in [1.82, 2.24) is 43.6 Å². The van der Waals surface area contributed by atoms with Gasteiger partial charge in [0.1, 0.15) is 5.82 Å². The molecule has 0 aliphatic carbocycles. The minimum absolute atomic E-state index is 0. The van der Waals surface area contributed by atoms with Gasteiger partial charge in [-0.15, -0.1) is 71.3 Å². The summed E-state index contributed by atoms with van der Waals surface area (Å²) >= 11 is 0. The van der Waals surface area contributed by atoms with Gasteiger partial charge in [-0.2, -0.15) is 0 Å². The largest absolute Gasteiger partial charge is 3.00 e. The first-order valence-electron chi connectivity index (χ1n) is 45.2. The molecule has 9 nitrogen and oxygen atoms in total. The number of aryl methyl sites for hydroxylation is 1. The molecule has 0 amide bonds. The third-order valence-electron chi connectivity index (χ3n) is 26.2. The Morgan fingerprint density at radius 2 is 0.582 bits per heavy atom. The van der Waals surface area contributed by atoms with Crippen LogP contribution in [0.1, 0.15) is 58.2 Å². The van der Waals surface area contributed by atoms with Crippen molar-refractivity contribution in [1.29, 1.82) is 0 Å². The Morgan fingerprint density at radius 3 is 0.925 bits per heavy atom. The van der Waals surface area contributed by atoms with Gasteiger partial charge in [-0.05, 0) is 259 Å². The van der Waals surface area contributed by atoms with Crippen LogP contribution in [0, 0.1) is 30.9 Å². The fraction of sp³-hybridized carbons (Fsp3) is 0.0732. The molecule has 0 saturated heterocycles. The Bertz CT molecular complexity index is 8240. The maximum absolute atomic E-state index is 15.0. The summed E-state index contributed by atoms with van der Waals surface area (Å²) in [4.78, 5) is 30.8. The number of benzene rings is 14.